The quantitative estimate of drug-likeness (QED) is 0.517. The summed E-state index contributed by atoms with van der Waals surface area (Å²) >= 11 is 1.56. The summed E-state index contributed by atoms with van der Waals surface area (Å²) in [5.41, 5.74) is -0.150. The molecule has 0 saturated carbocycles. The van der Waals surface area contributed by atoms with Crippen molar-refractivity contribution < 1.29 is 19.1 Å². The predicted octanol–water partition coefficient (Wildman–Crippen LogP) is 4.45. The highest BCUT2D eigenvalue weighted by Crippen LogP contribution is 2.35. The van der Waals surface area contributed by atoms with E-state index >= 15 is 0 Å². The van der Waals surface area contributed by atoms with Crippen molar-refractivity contribution in [3.63, 3.8) is 0 Å². The number of carbonyl (C=O) groups excluding carboxylic acids is 2. The van der Waals surface area contributed by atoms with E-state index in [1.807, 2.05) is 92.0 Å². The second kappa shape index (κ2) is 10.2. The van der Waals surface area contributed by atoms with Gasteiger partial charge in [-0.15, -0.1) is 11.3 Å². The van der Waals surface area contributed by atoms with Gasteiger partial charge in [-0.2, -0.15) is 0 Å². The first-order valence-corrected chi connectivity index (χ1v) is 10.7. The second-order valence-electron chi connectivity index (χ2n) is 6.73. The van der Waals surface area contributed by atoms with Crippen molar-refractivity contribution in [2.75, 3.05) is 13.2 Å². The molecule has 0 unspecified atom stereocenters. The van der Waals surface area contributed by atoms with Gasteiger partial charge in [-0.1, -0.05) is 66.7 Å². The molecular formula is C24H25NO4S. The van der Waals surface area contributed by atoms with E-state index in [0.29, 0.717) is 17.7 Å². The van der Waals surface area contributed by atoms with Crippen LogP contribution in [0, 0.1) is 0 Å². The Kier molecular flexibility index (Phi) is 7.38. The molecule has 1 amide bonds. The summed E-state index contributed by atoms with van der Waals surface area (Å²) in [4.78, 5) is 26.8. The highest BCUT2D eigenvalue weighted by atomic mass is 32.1. The first kappa shape index (κ1) is 21.7. The number of ether oxygens (including phenoxy) is 2. The lowest BCUT2D eigenvalue weighted by Gasteiger charge is -2.32. The zero-order valence-electron chi connectivity index (χ0n) is 17.0. The van der Waals surface area contributed by atoms with Crippen molar-refractivity contribution >= 4 is 23.2 Å². The molecule has 0 saturated heterocycles. The van der Waals surface area contributed by atoms with Crippen molar-refractivity contribution in [3.8, 4) is 0 Å². The minimum atomic E-state index is -1.45. The van der Waals surface area contributed by atoms with Crippen LogP contribution in [0.25, 0.3) is 0 Å². The number of thiophene rings is 1. The molecule has 0 radical (unpaired) electrons. The van der Waals surface area contributed by atoms with Gasteiger partial charge in [0.1, 0.15) is 0 Å². The molecule has 1 heterocycles. The third kappa shape index (κ3) is 4.78. The van der Waals surface area contributed by atoms with Crippen LogP contribution in [0.5, 0.6) is 0 Å². The number of carbonyl (C=O) groups is 2. The van der Waals surface area contributed by atoms with Crippen LogP contribution in [-0.2, 0) is 24.7 Å². The number of benzene rings is 2. The van der Waals surface area contributed by atoms with Crippen molar-refractivity contribution in [1.29, 1.82) is 0 Å². The third-order valence-corrected chi connectivity index (χ3v) is 5.75. The average molecular weight is 424 g/mol. The molecule has 0 bridgehead atoms. The molecule has 2 aromatic carbocycles. The van der Waals surface area contributed by atoms with Gasteiger partial charge in [-0.3, -0.25) is 4.79 Å². The molecule has 0 fully saturated rings. The molecule has 0 spiro atoms. The largest absolute Gasteiger partial charge is 0.453 e. The molecule has 3 rings (SSSR count). The second-order valence-corrected chi connectivity index (χ2v) is 7.71. The van der Waals surface area contributed by atoms with Crippen LogP contribution in [-0.4, -0.2) is 25.1 Å². The Balaban J connectivity index is 1.81. The summed E-state index contributed by atoms with van der Waals surface area (Å²) in [5.74, 6) is -0.989. The predicted molar refractivity (Wildman–Crippen MR) is 117 cm³/mol. The van der Waals surface area contributed by atoms with E-state index in [1.54, 1.807) is 11.3 Å². The molecule has 1 aromatic heterocycles. The van der Waals surface area contributed by atoms with Gasteiger partial charge in [-0.05, 0) is 36.4 Å². The number of esters is 1. The number of hydrogen-bond acceptors (Lipinski definition) is 5. The minimum Gasteiger partial charge on any atom is -0.453 e. The van der Waals surface area contributed by atoms with E-state index < -0.39 is 11.6 Å². The van der Waals surface area contributed by atoms with Crippen molar-refractivity contribution in [1.82, 2.24) is 5.32 Å². The van der Waals surface area contributed by atoms with E-state index in [4.69, 9.17) is 9.47 Å². The molecular weight excluding hydrogens is 398 g/mol. The number of rotatable bonds is 9. The standard InChI is InChI=1S/C24H25NO4S/c1-3-29-24(19-11-6-4-7-12-19,20-13-8-5-9-14-20)23(27)28-17-22(26)25-18(2)21-15-10-16-30-21/h4-16,18H,3,17H2,1-2H3,(H,25,26)/t18-/m0/s1. The van der Waals surface area contributed by atoms with E-state index in [0.717, 1.165) is 4.88 Å². The summed E-state index contributed by atoms with van der Waals surface area (Å²) in [5, 5.41) is 4.81. The van der Waals surface area contributed by atoms with Crippen LogP contribution >= 0.6 is 11.3 Å². The number of amides is 1. The smallest absolute Gasteiger partial charge is 0.348 e. The molecule has 0 aliphatic rings. The Hall–Kier alpha value is -2.96. The van der Waals surface area contributed by atoms with Crippen LogP contribution in [0.2, 0.25) is 0 Å². The Morgan fingerprint density at radius 2 is 1.57 bits per heavy atom. The van der Waals surface area contributed by atoms with Gasteiger partial charge in [0.25, 0.3) is 5.91 Å². The molecule has 30 heavy (non-hydrogen) atoms. The highest BCUT2D eigenvalue weighted by Gasteiger charge is 2.45. The number of nitrogens with one attached hydrogen (secondary N) is 1. The molecule has 6 heteroatoms. The first-order valence-electron chi connectivity index (χ1n) is 9.83. The maximum absolute atomic E-state index is 13.3. The topological polar surface area (TPSA) is 64.6 Å². The summed E-state index contributed by atoms with van der Waals surface area (Å²) < 4.78 is 11.5. The Labute approximate surface area is 180 Å². The van der Waals surface area contributed by atoms with Crippen LogP contribution < -0.4 is 5.32 Å². The molecule has 1 atom stereocenters. The van der Waals surface area contributed by atoms with E-state index in [-0.39, 0.29) is 18.6 Å². The number of hydrogen-bond donors (Lipinski definition) is 1. The molecule has 5 nitrogen and oxygen atoms in total. The van der Waals surface area contributed by atoms with E-state index in [9.17, 15) is 9.59 Å². The molecule has 1 N–H and O–H groups in total. The van der Waals surface area contributed by atoms with Crippen molar-refractivity contribution in [2.24, 2.45) is 0 Å². The zero-order chi connectivity index (χ0) is 21.4. The zero-order valence-corrected chi connectivity index (χ0v) is 17.9. The van der Waals surface area contributed by atoms with Crippen molar-refractivity contribution in [3.05, 3.63) is 94.2 Å². The van der Waals surface area contributed by atoms with Gasteiger partial charge in [0, 0.05) is 11.5 Å². The highest BCUT2D eigenvalue weighted by molar-refractivity contribution is 7.10. The van der Waals surface area contributed by atoms with Crippen LogP contribution in [0.15, 0.2) is 78.2 Å². The van der Waals surface area contributed by atoms with Crippen LogP contribution in [0.1, 0.15) is 35.9 Å². The normalized spacial score (nSPS) is 12.2. The monoisotopic (exact) mass is 423 g/mol. The lowest BCUT2D eigenvalue weighted by Crippen LogP contribution is -2.43. The lowest BCUT2D eigenvalue weighted by atomic mass is 9.86. The Morgan fingerprint density at radius 1 is 0.967 bits per heavy atom. The molecule has 0 aliphatic heterocycles. The molecule has 156 valence electrons. The summed E-state index contributed by atoms with van der Waals surface area (Å²) in [6.07, 6.45) is 0. The van der Waals surface area contributed by atoms with Gasteiger partial charge in [0.2, 0.25) is 5.60 Å². The van der Waals surface area contributed by atoms with Crippen LogP contribution in [0.4, 0.5) is 0 Å². The van der Waals surface area contributed by atoms with E-state index in [2.05, 4.69) is 5.32 Å². The summed E-state index contributed by atoms with van der Waals surface area (Å²) in [7, 11) is 0. The van der Waals surface area contributed by atoms with Gasteiger partial charge in [0.05, 0.1) is 6.04 Å². The molecule has 0 aliphatic carbocycles. The Bertz CT molecular complexity index is 902. The van der Waals surface area contributed by atoms with Gasteiger partial charge in [-0.25, -0.2) is 4.79 Å². The maximum atomic E-state index is 13.3. The SMILES string of the molecule is CCOC(C(=O)OCC(=O)N[C@@H](C)c1cccs1)(c1ccccc1)c1ccccc1. The minimum absolute atomic E-state index is 0.156. The van der Waals surface area contributed by atoms with Gasteiger partial charge < -0.3 is 14.8 Å². The maximum Gasteiger partial charge on any atom is 0.348 e. The van der Waals surface area contributed by atoms with Gasteiger partial charge in [0.15, 0.2) is 6.61 Å². The lowest BCUT2D eigenvalue weighted by molar-refractivity contribution is -0.170. The fourth-order valence-electron chi connectivity index (χ4n) is 3.31. The fraction of sp³-hybridized carbons (Fsp3) is 0.250. The van der Waals surface area contributed by atoms with E-state index in [1.165, 1.54) is 0 Å². The van der Waals surface area contributed by atoms with Crippen LogP contribution in [0.3, 0.4) is 0 Å². The van der Waals surface area contributed by atoms with Crippen molar-refractivity contribution in [2.45, 2.75) is 25.5 Å². The fourth-order valence-corrected chi connectivity index (χ4v) is 4.05. The third-order valence-electron chi connectivity index (χ3n) is 4.69. The first-order chi connectivity index (χ1) is 14.6. The summed E-state index contributed by atoms with van der Waals surface area (Å²) in [6, 6.07) is 22.1. The summed E-state index contributed by atoms with van der Waals surface area (Å²) in [6.45, 7) is 3.62. The Morgan fingerprint density at radius 3 is 2.07 bits per heavy atom. The van der Waals surface area contributed by atoms with Gasteiger partial charge >= 0.3 is 5.97 Å². The average Bonchev–Trinajstić information content (AvgIpc) is 3.32. The molecule has 3 aromatic rings.